The highest BCUT2D eigenvalue weighted by Crippen LogP contribution is 2.34. The average Bonchev–Trinajstić information content (AvgIpc) is 3.39. The molecule has 8 heteroatoms. The van der Waals surface area contributed by atoms with E-state index in [9.17, 15) is 4.79 Å². The van der Waals surface area contributed by atoms with Crippen molar-refractivity contribution in [3.8, 4) is 16.8 Å². The Labute approximate surface area is 184 Å². The highest BCUT2D eigenvalue weighted by Gasteiger charge is 2.25. The van der Waals surface area contributed by atoms with E-state index >= 15 is 4.39 Å². The molecule has 0 radical (unpaired) electrons. The summed E-state index contributed by atoms with van der Waals surface area (Å²) >= 11 is 0. The lowest BCUT2D eigenvalue weighted by molar-refractivity contribution is 0.539. The average molecular weight is 433 g/mol. The van der Waals surface area contributed by atoms with Gasteiger partial charge in [-0.05, 0) is 24.3 Å². The van der Waals surface area contributed by atoms with Crippen molar-refractivity contribution in [2.45, 2.75) is 26.2 Å². The first-order chi connectivity index (χ1) is 15.1. The molecule has 0 fully saturated rings. The molecule has 0 aliphatic rings. The van der Waals surface area contributed by atoms with E-state index in [2.05, 4.69) is 25.9 Å². The predicted octanol–water partition coefficient (Wildman–Crippen LogP) is 4.05. The molecule has 5 rings (SSSR count). The molecule has 0 saturated heterocycles. The van der Waals surface area contributed by atoms with Gasteiger partial charge in [-0.2, -0.15) is 5.10 Å². The number of imidazole rings is 2. The fraction of sp³-hybridized carbons (Fsp3) is 0.292. The molecule has 2 aromatic carbocycles. The maximum atomic E-state index is 15.3. The Kier molecular flexibility index (Phi) is 4.21. The van der Waals surface area contributed by atoms with E-state index in [4.69, 9.17) is 4.98 Å². The smallest absolute Gasteiger partial charge is 0.296 e. The molecular weight excluding hydrogens is 407 g/mol. The maximum Gasteiger partial charge on any atom is 0.328 e. The predicted molar refractivity (Wildman–Crippen MR) is 124 cm³/mol. The van der Waals surface area contributed by atoms with E-state index in [0.29, 0.717) is 22.2 Å². The van der Waals surface area contributed by atoms with Crippen LogP contribution in [0.1, 0.15) is 26.6 Å². The largest absolute Gasteiger partial charge is 0.328 e. The second kappa shape index (κ2) is 6.66. The SMILES string of the molecule is Cn1cc(-c2cc3nc(C(C)(C)C)n(-c4ccc5c(c4)n(C)c(=O)n5C)c3cc2F)cn1. The first-order valence-corrected chi connectivity index (χ1v) is 10.4. The number of halogens is 1. The van der Waals surface area contributed by atoms with Gasteiger partial charge in [0.1, 0.15) is 11.6 Å². The van der Waals surface area contributed by atoms with Gasteiger partial charge in [-0.3, -0.25) is 18.4 Å². The molecule has 0 N–H and O–H groups in total. The van der Waals surface area contributed by atoms with Crippen LogP contribution in [0.5, 0.6) is 0 Å². The Morgan fingerprint density at radius 2 is 1.66 bits per heavy atom. The van der Waals surface area contributed by atoms with Gasteiger partial charge in [0, 0.05) is 55.6 Å². The van der Waals surface area contributed by atoms with Crippen LogP contribution in [0.4, 0.5) is 4.39 Å². The summed E-state index contributed by atoms with van der Waals surface area (Å²) in [7, 11) is 5.32. The summed E-state index contributed by atoms with van der Waals surface area (Å²) in [6.45, 7) is 6.25. The number of aryl methyl sites for hydroxylation is 3. The van der Waals surface area contributed by atoms with Gasteiger partial charge in [0.25, 0.3) is 0 Å². The number of nitrogens with zero attached hydrogens (tertiary/aromatic N) is 6. The van der Waals surface area contributed by atoms with E-state index in [1.807, 2.05) is 22.8 Å². The molecule has 0 aliphatic carbocycles. The fourth-order valence-corrected chi connectivity index (χ4v) is 4.28. The molecule has 0 saturated carbocycles. The van der Waals surface area contributed by atoms with Crippen LogP contribution in [-0.2, 0) is 26.6 Å². The van der Waals surface area contributed by atoms with Crippen LogP contribution in [0.15, 0.2) is 47.5 Å². The Hall–Kier alpha value is -3.68. The normalized spacial score (nSPS) is 12.3. The molecule has 0 aliphatic heterocycles. The molecule has 0 bridgehead atoms. The summed E-state index contributed by atoms with van der Waals surface area (Å²) in [6, 6.07) is 9.15. The Morgan fingerprint density at radius 1 is 0.938 bits per heavy atom. The zero-order valence-corrected chi connectivity index (χ0v) is 19.0. The molecule has 0 spiro atoms. The van der Waals surface area contributed by atoms with Gasteiger partial charge in [0.05, 0.1) is 28.3 Å². The Bertz CT molecular complexity index is 1570. The van der Waals surface area contributed by atoms with E-state index in [1.54, 1.807) is 53.4 Å². The summed E-state index contributed by atoms with van der Waals surface area (Å²) in [5.74, 6) is 0.482. The molecule has 0 unspecified atom stereocenters. The van der Waals surface area contributed by atoms with E-state index in [0.717, 1.165) is 22.5 Å². The van der Waals surface area contributed by atoms with Gasteiger partial charge in [-0.15, -0.1) is 0 Å². The van der Waals surface area contributed by atoms with Crippen LogP contribution in [0, 0.1) is 5.82 Å². The zero-order chi connectivity index (χ0) is 22.9. The van der Waals surface area contributed by atoms with Gasteiger partial charge in [-0.1, -0.05) is 20.8 Å². The molecule has 0 atom stereocenters. The van der Waals surface area contributed by atoms with Crippen LogP contribution < -0.4 is 5.69 Å². The van der Waals surface area contributed by atoms with Crippen molar-refractivity contribution in [3.05, 3.63) is 64.9 Å². The van der Waals surface area contributed by atoms with Crippen molar-refractivity contribution in [2.24, 2.45) is 21.1 Å². The first-order valence-electron chi connectivity index (χ1n) is 10.4. The van der Waals surface area contributed by atoms with Crippen molar-refractivity contribution in [1.29, 1.82) is 0 Å². The Morgan fingerprint density at radius 3 is 2.31 bits per heavy atom. The molecular formula is C24H25FN6O. The third-order valence-corrected chi connectivity index (χ3v) is 5.94. The van der Waals surface area contributed by atoms with Gasteiger partial charge < -0.3 is 0 Å². The summed E-state index contributed by atoms with van der Waals surface area (Å²) in [6.07, 6.45) is 3.44. The first kappa shape index (κ1) is 20.2. The standard InChI is InChI=1S/C24H25FN6O/c1-24(2,3)22-27-18-10-16(14-12-26-28(4)13-14)17(25)11-20(18)31(22)15-7-8-19-21(9-15)30(6)23(32)29(19)5/h7-13H,1-6H3. The van der Waals surface area contributed by atoms with Crippen molar-refractivity contribution >= 4 is 22.1 Å². The highest BCUT2D eigenvalue weighted by atomic mass is 19.1. The highest BCUT2D eigenvalue weighted by molar-refractivity contribution is 5.86. The molecule has 3 aromatic heterocycles. The van der Waals surface area contributed by atoms with Gasteiger partial charge >= 0.3 is 5.69 Å². The molecule has 0 amide bonds. The number of rotatable bonds is 2. The molecule has 5 aromatic rings. The van der Waals surface area contributed by atoms with E-state index in [-0.39, 0.29) is 16.9 Å². The lowest BCUT2D eigenvalue weighted by Gasteiger charge is -2.20. The fourth-order valence-electron chi connectivity index (χ4n) is 4.28. The third kappa shape index (κ3) is 2.90. The van der Waals surface area contributed by atoms with Crippen molar-refractivity contribution in [2.75, 3.05) is 0 Å². The summed E-state index contributed by atoms with van der Waals surface area (Å²) < 4.78 is 22.1. The Balaban J connectivity index is 1.82. The summed E-state index contributed by atoms with van der Waals surface area (Å²) in [5.41, 5.74) is 4.67. The van der Waals surface area contributed by atoms with Gasteiger partial charge in [0.2, 0.25) is 0 Å². The quantitative estimate of drug-likeness (QED) is 0.423. The zero-order valence-electron chi connectivity index (χ0n) is 19.0. The number of hydrogen-bond acceptors (Lipinski definition) is 3. The van der Waals surface area contributed by atoms with E-state index < -0.39 is 0 Å². The number of fused-ring (bicyclic) bond motifs is 2. The van der Waals surface area contributed by atoms with Crippen molar-refractivity contribution < 1.29 is 4.39 Å². The van der Waals surface area contributed by atoms with Crippen LogP contribution >= 0.6 is 0 Å². The second-order valence-corrected chi connectivity index (χ2v) is 9.32. The van der Waals surface area contributed by atoms with Crippen molar-refractivity contribution in [1.82, 2.24) is 28.5 Å². The number of aromatic nitrogens is 6. The van der Waals surface area contributed by atoms with Crippen LogP contribution in [0.25, 0.3) is 38.9 Å². The van der Waals surface area contributed by atoms with Crippen LogP contribution in [0.2, 0.25) is 0 Å². The monoisotopic (exact) mass is 432 g/mol. The minimum atomic E-state index is -0.333. The lowest BCUT2D eigenvalue weighted by atomic mass is 9.95. The summed E-state index contributed by atoms with van der Waals surface area (Å²) in [5, 5.41) is 4.16. The molecule has 164 valence electrons. The van der Waals surface area contributed by atoms with E-state index in [1.165, 1.54) is 6.07 Å². The maximum absolute atomic E-state index is 15.3. The number of benzene rings is 2. The van der Waals surface area contributed by atoms with Crippen LogP contribution in [0.3, 0.4) is 0 Å². The van der Waals surface area contributed by atoms with Crippen LogP contribution in [-0.4, -0.2) is 28.5 Å². The van der Waals surface area contributed by atoms with Gasteiger partial charge in [0.15, 0.2) is 0 Å². The van der Waals surface area contributed by atoms with Crippen molar-refractivity contribution in [3.63, 3.8) is 0 Å². The second-order valence-electron chi connectivity index (χ2n) is 9.32. The third-order valence-electron chi connectivity index (χ3n) is 5.94. The summed E-state index contributed by atoms with van der Waals surface area (Å²) in [4.78, 5) is 17.3. The molecule has 7 nitrogen and oxygen atoms in total. The minimum absolute atomic E-state index is 0.0872. The molecule has 32 heavy (non-hydrogen) atoms. The number of hydrogen-bond donors (Lipinski definition) is 0. The lowest BCUT2D eigenvalue weighted by Crippen LogP contribution is -2.19. The topological polar surface area (TPSA) is 62.6 Å². The minimum Gasteiger partial charge on any atom is -0.296 e. The molecule has 3 heterocycles. The van der Waals surface area contributed by atoms with Gasteiger partial charge in [-0.25, -0.2) is 14.2 Å².